The molecule has 2 rings (SSSR count). The van der Waals surface area contributed by atoms with Crippen LogP contribution in [0.4, 0.5) is 14.5 Å². The molecule has 0 bridgehead atoms. The number of anilines is 1. The average molecular weight is 372 g/mol. The number of benzene rings is 2. The summed E-state index contributed by atoms with van der Waals surface area (Å²) in [6, 6.07) is 8.76. The molecule has 0 saturated heterocycles. The molecule has 0 aliphatic carbocycles. The van der Waals surface area contributed by atoms with E-state index in [-0.39, 0.29) is 10.6 Å². The minimum Gasteiger partial charge on any atom is -0.309 e. The molecule has 0 amide bonds. The molecular formula is C16H18F2N2O2S2. The van der Waals surface area contributed by atoms with E-state index in [0.29, 0.717) is 4.90 Å². The van der Waals surface area contributed by atoms with E-state index < -0.39 is 21.7 Å². The molecule has 8 heteroatoms. The van der Waals surface area contributed by atoms with Gasteiger partial charge >= 0.3 is 0 Å². The third kappa shape index (κ3) is 5.19. The SMILES string of the molecule is CN(C)CCSc1ccc(NS(=O)(=O)c2cccc(F)c2)cc1F. The fourth-order valence-corrected chi connectivity index (χ4v) is 3.99. The van der Waals surface area contributed by atoms with Crippen LogP contribution < -0.4 is 4.72 Å². The van der Waals surface area contributed by atoms with Crippen molar-refractivity contribution in [3.63, 3.8) is 0 Å². The van der Waals surface area contributed by atoms with Crippen molar-refractivity contribution in [3.05, 3.63) is 54.1 Å². The summed E-state index contributed by atoms with van der Waals surface area (Å²) >= 11 is 1.36. The molecule has 0 atom stereocenters. The minimum atomic E-state index is -3.96. The molecule has 24 heavy (non-hydrogen) atoms. The number of thioether (sulfide) groups is 1. The Morgan fingerprint density at radius 1 is 1.12 bits per heavy atom. The summed E-state index contributed by atoms with van der Waals surface area (Å²) < 4.78 is 53.9. The summed E-state index contributed by atoms with van der Waals surface area (Å²) in [5.74, 6) is -0.437. The van der Waals surface area contributed by atoms with Gasteiger partial charge in [0.1, 0.15) is 11.6 Å². The number of halogens is 2. The summed E-state index contributed by atoms with van der Waals surface area (Å²) in [5.41, 5.74) is 0.0914. The van der Waals surface area contributed by atoms with Crippen LogP contribution in [0.5, 0.6) is 0 Å². The van der Waals surface area contributed by atoms with Crippen LogP contribution in [0.1, 0.15) is 0 Å². The van der Waals surface area contributed by atoms with Crippen molar-refractivity contribution in [3.8, 4) is 0 Å². The van der Waals surface area contributed by atoms with E-state index in [0.717, 1.165) is 30.5 Å². The van der Waals surface area contributed by atoms with Crippen LogP contribution in [0.3, 0.4) is 0 Å². The molecule has 130 valence electrons. The van der Waals surface area contributed by atoms with Gasteiger partial charge in [-0.2, -0.15) is 0 Å². The molecule has 2 aromatic rings. The number of nitrogens with one attached hydrogen (secondary N) is 1. The van der Waals surface area contributed by atoms with Gasteiger partial charge in [0.2, 0.25) is 0 Å². The molecule has 0 saturated carbocycles. The Hall–Kier alpha value is -1.64. The number of nitrogens with zero attached hydrogens (tertiary/aromatic N) is 1. The number of hydrogen-bond acceptors (Lipinski definition) is 4. The zero-order valence-corrected chi connectivity index (χ0v) is 14.9. The van der Waals surface area contributed by atoms with Gasteiger partial charge in [-0.05, 0) is 50.5 Å². The lowest BCUT2D eigenvalue weighted by Crippen LogP contribution is -2.15. The van der Waals surface area contributed by atoms with E-state index in [2.05, 4.69) is 4.72 Å². The van der Waals surface area contributed by atoms with Crippen LogP contribution in [0.15, 0.2) is 52.3 Å². The molecular weight excluding hydrogens is 354 g/mol. The maximum absolute atomic E-state index is 14.1. The van der Waals surface area contributed by atoms with Gasteiger partial charge in [0.15, 0.2) is 0 Å². The second kappa shape index (κ2) is 7.96. The predicted octanol–water partition coefficient (Wildman–Crippen LogP) is 3.42. The zero-order chi connectivity index (χ0) is 17.7. The van der Waals surface area contributed by atoms with Crippen LogP contribution >= 0.6 is 11.8 Å². The van der Waals surface area contributed by atoms with E-state index in [4.69, 9.17) is 0 Å². The van der Waals surface area contributed by atoms with Gasteiger partial charge in [0.05, 0.1) is 10.6 Å². The third-order valence-corrected chi connectivity index (χ3v) is 5.49. The van der Waals surface area contributed by atoms with Crippen molar-refractivity contribution in [1.29, 1.82) is 0 Å². The third-order valence-electron chi connectivity index (χ3n) is 3.09. The van der Waals surface area contributed by atoms with Crippen LogP contribution in [-0.2, 0) is 10.0 Å². The van der Waals surface area contributed by atoms with Crippen LogP contribution in [0.25, 0.3) is 0 Å². The molecule has 0 heterocycles. The van der Waals surface area contributed by atoms with Gasteiger partial charge in [-0.15, -0.1) is 11.8 Å². The highest BCUT2D eigenvalue weighted by molar-refractivity contribution is 7.99. The van der Waals surface area contributed by atoms with Crippen molar-refractivity contribution >= 4 is 27.5 Å². The number of rotatable bonds is 7. The van der Waals surface area contributed by atoms with Crippen molar-refractivity contribution in [1.82, 2.24) is 4.90 Å². The highest BCUT2D eigenvalue weighted by Crippen LogP contribution is 2.25. The Balaban J connectivity index is 2.11. The summed E-state index contributed by atoms with van der Waals surface area (Å²) in [7, 11) is -0.100. The maximum Gasteiger partial charge on any atom is 0.261 e. The number of sulfonamides is 1. The van der Waals surface area contributed by atoms with E-state index in [1.54, 1.807) is 0 Å². The molecule has 0 aromatic heterocycles. The Kier molecular flexibility index (Phi) is 6.20. The molecule has 0 spiro atoms. The van der Waals surface area contributed by atoms with Crippen molar-refractivity contribution in [2.45, 2.75) is 9.79 Å². The van der Waals surface area contributed by atoms with Gasteiger partial charge in [-0.1, -0.05) is 6.07 Å². The normalized spacial score (nSPS) is 11.7. The van der Waals surface area contributed by atoms with E-state index in [1.807, 2.05) is 19.0 Å². The summed E-state index contributed by atoms with van der Waals surface area (Å²) in [5, 5.41) is 0. The summed E-state index contributed by atoms with van der Waals surface area (Å²) in [4.78, 5) is 2.23. The molecule has 4 nitrogen and oxygen atoms in total. The molecule has 0 aliphatic rings. The highest BCUT2D eigenvalue weighted by Gasteiger charge is 2.16. The lowest BCUT2D eigenvalue weighted by Gasteiger charge is -2.11. The number of hydrogen-bond donors (Lipinski definition) is 1. The van der Waals surface area contributed by atoms with Gasteiger partial charge in [-0.25, -0.2) is 17.2 Å². The van der Waals surface area contributed by atoms with Crippen LogP contribution in [-0.4, -0.2) is 39.7 Å². The Labute approximate surface area is 144 Å². The van der Waals surface area contributed by atoms with Gasteiger partial charge in [-0.3, -0.25) is 4.72 Å². The summed E-state index contributed by atoms with van der Waals surface area (Å²) in [6.07, 6.45) is 0. The molecule has 0 aliphatic heterocycles. The molecule has 0 unspecified atom stereocenters. The quantitative estimate of drug-likeness (QED) is 0.757. The zero-order valence-electron chi connectivity index (χ0n) is 13.3. The summed E-state index contributed by atoms with van der Waals surface area (Å²) in [6.45, 7) is 0.804. The Morgan fingerprint density at radius 3 is 2.50 bits per heavy atom. The average Bonchev–Trinajstić information content (AvgIpc) is 2.49. The van der Waals surface area contributed by atoms with E-state index in [1.165, 1.54) is 36.0 Å². The van der Waals surface area contributed by atoms with E-state index in [9.17, 15) is 17.2 Å². The molecule has 0 radical (unpaired) electrons. The predicted molar refractivity (Wildman–Crippen MR) is 92.9 cm³/mol. The van der Waals surface area contributed by atoms with Crippen LogP contribution in [0.2, 0.25) is 0 Å². The first-order valence-electron chi connectivity index (χ1n) is 7.13. The van der Waals surface area contributed by atoms with Gasteiger partial charge in [0.25, 0.3) is 10.0 Å². The Morgan fingerprint density at radius 2 is 1.88 bits per heavy atom. The van der Waals surface area contributed by atoms with Crippen molar-refractivity contribution in [2.75, 3.05) is 31.1 Å². The fraction of sp³-hybridized carbons (Fsp3) is 0.250. The van der Waals surface area contributed by atoms with Gasteiger partial charge < -0.3 is 4.90 Å². The first-order chi connectivity index (χ1) is 11.3. The van der Waals surface area contributed by atoms with Gasteiger partial charge in [0, 0.05) is 17.2 Å². The second-order valence-electron chi connectivity index (χ2n) is 5.36. The Bertz CT molecular complexity index is 811. The van der Waals surface area contributed by atoms with E-state index >= 15 is 0 Å². The first kappa shape index (κ1) is 18.7. The largest absolute Gasteiger partial charge is 0.309 e. The molecule has 0 fully saturated rings. The van der Waals surface area contributed by atoms with Crippen molar-refractivity contribution < 1.29 is 17.2 Å². The minimum absolute atomic E-state index is 0.0914. The fourth-order valence-electron chi connectivity index (χ4n) is 1.87. The second-order valence-corrected chi connectivity index (χ2v) is 8.18. The maximum atomic E-state index is 14.1. The first-order valence-corrected chi connectivity index (χ1v) is 9.60. The molecule has 2 aromatic carbocycles. The monoisotopic (exact) mass is 372 g/mol. The lowest BCUT2D eigenvalue weighted by molar-refractivity contribution is 0.437. The topological polar surface area (TPSA) is 49.4 Å². The highest BCUT2D eigenvalue weighted by atomic mass is 32.2. The van der Waals surface area contributed by atoms with Crippen LogP contribution in [0, 0.1) is 11.6 Å². The smallest absolute Gasteiger partial charge is 0.261 e. The molecule has 1 N–H and O–H groups in total. The van der Waals surface area contributed by atoms with Crippen molar-refractivity contribution in [2.24, 2.45) is 0 Å². The lowest BCUT2D eigenvalue weighted by atomic mass is 10.3. The standard InChI is InChI=1S/C16H18F2N2O2S2/c1-20(2)8-9-23-16-7-6-13(11-15(16)18)19-24(21,22)14-5-3-4-12(17)10-14/h3-7,10-11,19H,8-9H2,1-2H3.